The number of nitrogens with one attached hydrogen (secondary N) is 2. The van der Waals surface area contributed by atoms with Crippen molar-refractivity contribution in [2.45, 2.75) is 12.5 Å². The fourth-order valence-corrected chi connectivity index (χ4v) is 1.01. The molecule has 8 heteroatoms. The summed E-state index contributed by atoms with van der Waals surface area (Å²) >= 11 is 0. The van der Waals surface area contributed by atoms with E-state index in [4.69, 9.17) is 15.6 Å². The Kier molecular flexibility index (Phi) is 7.95. The van der Waals surface area contributed by atoms with Gasteiger partial charge in [-0.15, -0.1) is 6.58 Å². The minimum Gasteiger partial charge on any atom is -0.480 e. The average molecular weight is 259 g/mol. The van der Waals surface area contributed by atoms with Gasteiger partial charge in [-0.05, 0) is 6.42 Å². The number of carbonyl (C=O) groups excluding carboxylic acids is 2. The van der Waals surface area contributed by atoms with E-state index in [2.05, 4.69) is 17.2 Å². The lowest BCUT2D eigenvalue weighted by Gasteiger charge is -2.13. The third-order valence-corrected chi connectivity index (χ3v) is 1.78. The van der Waals surface area contributed by atoms with Gasteiger partial charge in [0.05, 0.1) is 6.61 Å². The zero-order chi connectivity index (χ0) is 14.0. The van der Waals surface area contributed by atoms with Gasteiger partial charge in [-0.1, -0.05) is 6.08 Å². The monoisotopic (exact) mass is 259 g/mol. The standard InChI is InChI=1S/C10H17N3O5/c1-2-3-7(9(15)16)13-10(17)12-4-5-18-6-8(11)14/h2,7H,1,3-6H2,(H2,11,14)(H,15,16)(H2,12,13,17). The quantitative estimate of drug-likeness (QED) is 0.305. The molecule has 0 aliphatic heterocycles. The number of carbonyl (C=O) groups is 3. The lowest BCUT2D eigenvalue weighted by Crippen LogP contribution is -2.46. The van der Waals surface area contributed by atoms with Gasteiger partial charge in [0.25, 0.3) is 0 Å². The number of nitrogens with two attached hydrogens (primary N) is 1. The first kappa shape index (κ1) is 15.9. The normalized spacial score (nSPS) is 11.3. The minimum absolute atomic E-state index is 0.107. The molecule has 0 bridgehead atoms. The average Bonchev–Trinajstić information content (AvgIpc) is 2.27. The molecule has 0 saturated heterocycles. The van der Waals surface area contributed by atoms with E-state index in [0.717, 1.165) is 0 Å². The lowest BCUT2D eigenvalue weighted by atomic mass is 10.2. The smallest absolute Gasteiger partial charge is 0.326 e. The van der Waals surface area contributed by atoms with Gasteiger partial charge in [-0.3, -0.25) is 4.79 Å². The summed E-state index contributed by atoms with van der Waals surface area (Å²) in [6.45, 7) is 3.41. The van der Waals surface area contributed by atoms with Gasteiger partial charge in [-0.25, -0.2) is 9.59 Å². The van der Waals surface area contributed by atoms with E-state index < -0.39 is 23.9 Å². The fourth-order valence-electron chi connectivity index (χ4n) is 1.01. The third-order valence-electron chi connectivity index (χ3n) is 1.78. The second-order valence-electron chi connectivity index (χ2n) is 3.33. The lowest BCUT2D eigenvalue weighted by molar-refractivity contribution is -0.139. The van der Waals surface area contributed by atoms with Gasteiger partial charge in [0.1, 0.15) is 12.6 Å². The predicted molar refractivity (Wildman–Crippen MR) is 62.8 cm³/mol. The Hall–Kier alpha value is -2.09. The highest BCUT2D eigenvalue weighted by atomic mass is 16.5. The third kappa shape index (κ3) is 8.11. The van der Waals surface area contributed by atoms with Gasteiger partial charge in [0.15, 0.2) is 0 Å². The predicted octanol–water partition coefficient (Wildman–Crippen LogP) is -1.18. The maximum absolute atomic E-state index is 11.3. The van der Waals surface area contributed by atoms with E-state index in [-0.39, 0.29) is 26.2 Å². The molecular formula is C10H17N3O5. The van der Waals surface area contributed by atoms with Crippen molar-refractivity contribution >= 4 is 17.9 Å². The maximum atomic E-state index is 11.3. The molecule has 0 aromatic heterocycles. The first-order valence-corrected chi connectivity index (χ1v) is 5.21. The van der Waals surface area contributed by atoms with Gasteiger partial charge in [0, 0.05) is 6.54 Å². The minimum atomic E-state index is -1.14. The molecule has 0 aromatic carbocycles. The Morgan fingerprint density at radius 2 is 2.11 bits per heavy atom. The molecule has 0 saturated carbocycles. The van der Waals surface area contributed by atoms with Crippen LogP contribution in [-0.4, -0.2) is 48.8 Å². The van der Waals surface area contributed by atoms with Crippen molar-refractivity contribution in [3.63, 3.8) is 0 Å². The second kappa shape index (κ2) is 8.99. The number of carboxylic acid groups (broad SMARTS) is 1. The molecular weight excluding hydrogens is 242 g/mol. The first-order valence-electron chi connectivity index (χ1n) is 5.21. The van der Waals surface area contributed by atoms with Crippen LogP contribution >= 0.6 is 0 Å². The molecule has 3 amide bonds. The zero-order valence-corrected chi connectivity index (χ0v) is 9.85. The van der Waals surface area contributed by atoms with Crippen LogP contribution in [0.2, 0.25) is 0 Å². The number of hydrogen-bond donors (Lipinski definition) is 4. The molecule has 0 aromatic rings. The van der Waals surface area contributed by atoms with Crippen LogP contribution < -0.4 is 16.4 Å². The van der Waals surface area contributed by atoms with Crippen molar-refractivity contribution in [1.82, 2.24) is 10.6 Å². The van der Waals surface area contributed by atoms with E-state index in [1.54, 1.807) is 0 Å². The van der Waals surface area contributed by atoms with E-state index in [1.165, 1.54) is 6.08 Å². The van der Waals surface area contributed by atoms with Crippen LogP contribution in [0.15, 0.2) is 12.7 Å². The van der Waals surface area contributed by atoms with Crippen molar-refractivity contribution in [1.29, 1.82) is 0 Å². The number of hydrogen-bond acceptors (Lipinski definition) is 4. The van der Waals surface area contributed by atoms with Crippen molar-refractivity contribution < 1.29 is 24.2 Å². The molecule has 0 heterocycles. The summed E-state index contributed by atoms with van der Waals surface area (Å²) in [5, 5.41) is 13.4. The number of carboxylic acids is 1. The van der Waals surface area contributed by atoms with Crippen molar-refractivity contribution in [3.05, 3.63) is 12.7 Å². The van der Waals surface area contributed by atoms with E-state index in [1.807, 2.05) is 0 Å². The van der Waals surface area contributed by atoms with Crippen LogP contribution in [0, 0.1) is 0 Å². The van der Waals surface area contributed by atoms with E-state index in [9.17, 15) is 14.4 Å². The number of ether oxygens (including phenoxy) is 1. The molecule has 0 aliphatic carbocycles. The molecule has 8 nitrogen and oxygen atoms in total. The number of aliphatic carboxylic acids is 1. The topological polar surface area (TPSA) is 131 Å². The van der Waals surface area contributed by atoms with Gasteiger partial charge < -0.3 is 26.2 Å². The summed E-state index contributed by atoms with van der Waals surface area (Å²) < 4.78 is 4.80. The largest absolute Gasteiger partial charge is 0.480 e. The van der Waals surface area contributed by atoms with Gasteiger partial charge in [-0.2, -0.15) is 0 Å². The maximum Gasteiger partial charge on any atom is 0.326 e. The molecule has 102 valence electrons. The summed E-state index contributed by atoms with van der Waals surface area (Å²) in [5.74, 6) is -1.74. The molecule has 1 unspecified atom stereocenters. The Morgan fingerprint density at radius 1 is 1.44 bits per heavy atom. The van der Waals surface area contributed by atoms with Crippen LogP contribution in [0.3, 0.4) is 0 Å². The highest BCUT2D eigenvalue weighted by Crippen LogP contribution is 1.92. The van der Waals surface area contributed by atoms with Crippen LogP contribution in [0.25, 0.3) is 0 Å². The number of urea groups is 1. The van der Waals surface area contributed by atoms with Crippen LogP contribution in [-0.2, 0) is 14.3 Å². The van der Waals surface area contributed by atoms with E-state index >= 15 is 0 Å². The molecule has 5 N–H and O–H groups in total. The Bertz CT molecular complexity index is 319. The Balaban J connectivity index is 3.78. The number of primary amides is 1. The fraction of sp³-hybridized carbons (Fsp3) is 0.500. The molecule has 0 rings (SSSR count). The molecule has 0 radical (unpaired) electrons. The molecule has 0 aliphatic rings. The molecule has 0 fully saturated rings. The van der Waals surface area contributed by atoms with Crippen LogP contribution in [0.4, 0.5) is 4.79 Å². The summed E-state index contributed by atoms with van der Waals surface area (Å²) in [4.78, 5) is 32.3. The first-order chi connectivity index (χ1) is 8.47. The summed E-state index contributed by atoms with van der Waals surface area (Å²) in [6.07, 6.45) is 1.52. The summed E-state index contributed by atoms with van der Waals surface area (Å²) in [5.41, 5.74) is 4.83. The second-order valence-corrected chi connectivity index (χ2v) is 3.33. The zero-order valence-electron chi connectivity index (χ0n) is 9.85. The highest BCUT2D eigenvalue weighted by Gasteiger charge is 2.17. The number of rotatable bonds is 9. The number of amides is 3. The summed E-state index contributed by atoms with van der Waals surface area (Å²) in [6, 6.07) is -1.65. The Labute approximate surface area is 104 Å². The van der Waals surface area contributed by atoms with Crippen molar-refractivity contribution in [2.75, 3.05) is 19.8 Å². The van der Waals surface area contributed by atoms with Crippen LogP contribution in [0.1, 0.15) is 6.42 Å². The van der Waals surface area contributed by atoms with Crippen molar-refractivity contribution in [3.8, 4) is 0 Å². The highest BCUT2D eigenvalue weighted by molar-refractivity contribution is 5.82. The molecule has 1 atom stereocenters. The van der Waals surface area contributed by atoms with Gasteiger partial charge >= 0.3 is 12.0 Å². The SMILES string of the molecule is C=CCC(NC(=O)NCCOCC(N)=O)C(=O)O. The van der Waals surface area contributed by atoms with Gasteiger partial charge in [0.2, 0.25) is 5.91 Å². The molecule has 0 spiro atoms. The summed E-state index contributed by atoms with van der Waals surface area (Å²) in [7, 11) is 0. The Morgan fingerprint density at radius 3 is 2.61 bits per heavy atom. The molecule has 18 heavy (non-hydrogen) atoms. The van der Waals surface area contributed by atoms with E-state index in [0.29, 0.717) is 0 Å². The van der Waals surface area contributed by atoms with Crippen LogP contribution in [0.5, 0.6) is 0 Å². The van der Waals surface area contributed by atoms with Crippen molar-refractivity contribution in [2.24, 2.45) is 5.73 Å².